The van der Waals surface area contributed by atoms with Crippen LogP contribution in [0.4, 0.5) is 10.1 Å². The van der Waals surface area contributed by atoms with E-state index in [1.54, 1.807) is 6.07 Å². The predicted molar refractivity (Wildman–Crippen MR) is 83.2 cm³/mol. The molecule has 0 bridgehead atoms. The van der Waals surface area contributed by atoms with Crippen LogP contribution in [0.25, 0.3) is 0 Å². The van der Waals surface area contributed by atoms with Gasteiger partial charge in [0.05, 0.1) is 11.1 Å². The third kappa shape index (κ3) is 4.05. The van der Waals surface area contributed by atoms with Crippen LogP contribution in [0.15, 0.2) is 46.9 Å². The van der Waals surface area contributed by atoms with Gasteiger partial charge in [0, 0.05) is 24.4 Å². The van der Waals surface area contributed by atoms with Gasteiger partial charge in [-0.15, -0.1) is 0 Å². The van der Waals surface area contributed by atoms with Gasteiger partial charge >= 0.3 is 0 Å². The Bertz CT molecular complexity index is 574. The molecule has 0 saturated heterocycles. The fraction of sp³-hybridized carbons (Fsp3) is 0.250. The summed E-state index contributed by atoms with van der Waals surface area (Å²) < 4.78 is 19.4. The quantitative estimate of drug-likeness (QED) is 0.822. The van der Waals surface area contributed by atoms with E-state index < -0.39 is 0 Å². The average Bonchev–Trinajstić information content (AvgIpc) is 2.47. The summed E-state index contributed by atoms with van der Waals surface area (Å²) in [7, 11) is 0. The molecule has 0 aliphatic carbocycles. The molecule has 2 rings (SSSR count). The molecular formula is C16H17BrFNO. The lowest BCUT2D eigenvalue weighted by Gasteiger charge is -2.12. The highest BCUT2D eigenvalue weighted by Crippen LogP contribution is 2.19. The molecule has 0 spiro atoms. The minimum atomic E-state index is -0.244. The molecule has 0 heterocycles. The van der Waals surface area contributed by atoms with E-state index in [1.807, 2.05) is 37.3 Å². The Labute approximate surface area is 127 Å². The van der Waals surface area contributed by atoms with E-state index in [2.05, 4.69) is 21.2 Å². The summed E-state index contributed by atoms with van der Waals surface area (Å²) in [6.45, 7) is 3.81. The van der Waals surface area contributed by atoms with Gasteiger partial charge in [-0.3, -0.25) is 0 Å². The van der Waals surface area contributed by atoms with Crippen molar-refractivity contribution in [2.75, 3.05) is 11.9 Å². The smallest absolute Gasteiger partial charge is 0.137 e. The van der Waals surface area contributed by atoms with Gasteiger partial charge in [0.1, 0.15) is 5.82 Å². The summed E-state index contributed by atoms with van der Waals surface area (Å²) >= 11 is 3.15. The van der Waals surface area contributed by atoms with Crippen molar-refractivity contribution in [3.63, 3.8) is 0 Å². The zero-order valence-corrected chi connectivity index (χ0v) is 12.9. The van der Waals surface area contributed by atoms with E-state index in [4.69, 9.17) is 4.74 Å². The van der Waals surface area contributed by atoms with E-state index in [-0.39, 0.29) is 5.82 Å². The van der Waals surface area contributed by atoms with Crippen LogP contribution >= 0.6 is 15.9 Å². The molecule has 2 nitrogen and oxygen atoms in total. The minimum absolute atomic E-state index is 0.244. The zero-order valence-electron chi connectivity index (χ0n) is 11.3. The summed E-state index contributed by atoms with van der Waals surface area (Å²) in [6, 6.07) is 13.1. The van der Waals surface area contributed by atoms with Crippen molar-refractivity contribution >= 4 is 21.6 Å². The Morgan fingerprint density at radius 2 is 2.00 bits per heavy atom. The molecule has 2 aromatic rings. The van der Waals surface area contributed by atoms with Crippen molar-refractivity contribution < 1.29 is 9.13 Å². The van der Waals surface area contributed by atoms with Crippen molar-refractivity contribution in [3.05, 3.63) is 63.9 Å². The first-order valence-electron chi connectivity index (χ1n) is 6.54. The topological polar surface area (TPSA) is 21.3 Å². The van der Waals surface area contributed by atoms with E-state index in [1.165, 1.54) is 6.07 Å². The molecule has 0 amide bonds. The maximum absolute atomic E-state index is 13.5. The monoisotopic (exact) mass is 337 g/mol. The van der Waals surface area contributed by atoms with Crippen LogP contribution in [-0.2, 0) is 17.9 Å². The molecule has 0 aromatic heterocycles. The van der Waals surface area contributed by atoms with Gasteiger partial charge in [-0.2, -0.15) is 0 Å². The zero-order chi connectivity index (χ0) is 14.4. The molecular weight excluding hydrogens is 321 g/mol. The van der Waals surface area contributed by atoms with Gasteiger partial charge in [0.25, 0.3) is 0 Å². The Hall–Kier alpha value is -1.39. The van der Waals surface area contributed by atoms with Crippen molar-refractivity contribution in [3.8, 4) is 0 Å². The molecule has 0 aliphatic rings. The molecule has 4 heteroatoms. The lowest BCUT2D eigenvalue weighted by Crippen LogP contribution is -2.04. The molecule has 20 heavy (non-hydrogen) atoms. The number of anilines is 1. The maximum Gasteiger partial charge on any atom is 0.137 e. The summed E-state index contributed by atoms with van der Waals surface area (Å²) in [5.74, 6) is -0.244. The average molecular weight is 338 g/mol. The highest BCUT2D eigenvalue weighted by Gasteiger charge is 2.03. The van der Waals surface area contributed by atoms with Crippen LogP contribution in [0.5, 0.6) is 0 Å². The number of hydrogen-bond acceptors (Lipinski definition) is 2. The van der Waals surface area contributed by atoms with Crippen LogP contribution in [-0.4, -0.2) is 6.61 Å². The normalized spacial score (nSPS) is 10.6. The Morgan fingerprint density at radius 1 is 1.20 bits per heavy atom. The third-order valence-electron chi connectivity index (χ3n) is 2.95. The van der Waals surface area contributed by atoms with Gasteiger partial charge in [-0.25, -0.2) is 4.39 Å². The number of para-hydroxylation sites is 1. The van der Waals surface area contributed by atoms with Gasteiger partial charge in [0.15, 0.2) is 0 Å². The second-order valence-corrected chi connectivity index (χ2v) is 5.25. The first-order chi connectivity index (χ1) is 9.70. The molecule has 0 saturated carbocycles. The molecule has 1 N–H and O–H groups in total. The van der Waals surface area contributed by atoms with E-state index >= 15 is 0 Å². The standard InChI is InChI=1S/C16H17BrFNO/c1-2-20-11-13-5-3-4-6-16(13)19-10-12-7-8-14(17)15(18)9-12/h3-9,19H,2,10-11H2,1H3. The molecule has 0 unspecified atom stereocenters. The largest absolute Gasteiger partial charge is 0.381 e. The number of nitrogens with one attached hydrogen (secondary N) is 1. The highest BCUT2D eigenvalue weighted by molar-refractivity contribution is 9.10. The first-order valence-corrected chi connectivity index (χ1v) is 7.33. The molecule has 0 aliphatic heterocycles. The maximum atomic E-state index is 13.5. The molecule has 2 aromatic carbocycles. The number of halogens is 2. The Balaban J connectivity index is 2.04. The van der Waals surface area contributed by atoms with Crippen molar-refractivity contribution in [2.24, 2.45) is 0 Å². The van der Waals surface area contributed by atoms with Crippen LogP contribution < -0.4 is 5.32 Å². The Kier molecular flexibility index (Phi) is 5.56. The van der Waals surface area contributed by atoms with Crippen molar-refractivity contribution in [2.45, 2.75) is 20.1 Å². The number of benzene rings is 2. The highest BCUT2D eigenvalue weighted by atomic mass is 79.9. The minimum Gasteiger partial charge on any atom is -0.381 e. The summed E-state index contributed by atoms with van der Waals surface area (Å²) in [5.41, 5.74) is 3.02. The van der Waals surface area contributed by atoms with Crippen LogP contribution in [0, 0.1) is 5.82 Å². The predicted octanol–water partition coefficient (Wildman–Crippen LogP) is 4.74. The number of rotatable bonds is 6. The van der Waals surface area contributed by atoms with Crippen molar-refractivity contribution in [1.29, 1.82) is 0 Å². The van der Waals surface area contributed by atoms with E-state index in [9.17, 15) is 4.39 Å². The summed E-state index contributed by atoms with van der Waals surface area (Å²) in [4.78, 5) is 0. The van der Waals surface area contributed by atoms with Gasteiger partial charge in [-0.05, 0) is 46.6 Å². The van der Waals surface area contributed by atoms with Crippen LogP contribution in [0.1, 0.15) is 18.1 Å². The second kappa shape index (κ2) is 7.41. The fourth-order valence-corrected chi connectivity index (χ4v) is 2.12. The molecule has 0 atom stereocenters. The SMILES string of the molecule is CCOCc1ccccc1NCc1ccc(Br)c(F)c1. The molecule has 0 radical (unpaired) electrons. The van der Waals surface area contributed by atoms with E-state index in [0.717, 1.165) is 16.8 Å². The van der Waals surface area contributed by atoms with Crippen molar-refractivity contribution in [1.82, 2.24) is 0 Å². The van der Waals surface area contributed by atoms with Gasteiger partial charge in [-0.1, -0.05) is 24.3 Å². The molecule has 106 valence electrons. The second-order valence-electron chi connectivity index (χ2n) is 4.40. The third-order valence-corrected chi connectivity index (χ3v) is 3.59. The Morgan fingerprint density at radius 3 is 2.75 bits per heavy atom. The van der Waals surface area contributed by atoms with Gasteiger partial charge in [0.2, 0.25) is 0 Å². The summed E-state index contributed by atoms with van der Waals surface area (Å²) in [6.07, 6.45) is 0. The summed E-state index contributed by atoms with van der Waals surface area (Å²) in [5, 5.41) is 3.32. The lowest BCUT2D eigenvalue weighted by atomic mass is 10.1. The van der Waals surface area contributed by atoms with Crippen LogP contribution in [0.2, 0.25) is 0 Å². The van der Waals surface area contributed by atoms with E-state index in [0.29, 0.717) is 24.2 Å². The number of hydrogen-bond donors (Lipinski definition) is 1. The molecule has 0 fully saturated rings. The number of ether oxygens (including phenoxy) is 1. The van der Waals surface area contributed by atoms with Crippen LogP contribution in [0.3, 0.4) is 0 Å². The van der Waals surface area contributed by atoms with Gasteiger partial charge < -0.3 is 10.1 Å². The fourth-order valence-electron chi connectivity index (χ4n) is 1.88. The lowest BCUT2D eigenvalue weighted by molar-refractivity contribution is 0.134. The first kappa shape index (κ1) is 15.0.